The van der Waals surface area contributed by atoms with E-state index in [0.29, 0.717) is 0 Å². The first kappa shape index (κ1) is 179. The van der Waals surface area contributed by atoms with Crippen LogP contribution in [0.25, 0.3) is 0 Å². The molecule has 0 aromatic rings. The molecule has 125 heteroatoms. The SMILES string of the molecule is PPP(P(P)P)P(P(P(P)P)P(P)P)P(P(P(P(P)P)P(P)P)P(P(P)P)P(P)P)P(P(P(P(P(P)P)P(P)P)P(P(P)P)P(P)P)P(P(P(P)P)P(P)P)P(P(P)P)P(P)P)P(P(P(P(P(P)P)P(P)P)P(P(P)P)P(P)P)P(P(P(P)P)P(P)P)P(P(P)P)P(P)P)P(P(P(P(P)P)P(P)P)P(P(P)P)P(P)P)P(P(P(P)P)P(P)P)P(P(P)P)P(P)P. The molecule has 0 heterocycles. The van der Waals surface area contributed by atoms with Crippen molar-refractivity contribution in [1.29, 1.82) is 0 Å². The number of hydrogen-bond acceptors (Lipinski definition) is 0. The van der Waals surface area contributed by atoms with E-state index in [1.807, 2.05) is 0 Å². The van der Waals surface area contributed by atoms with E-state index < -0.39 is 426 Å². The fourth-order valence-corrected chi connectivity index (χ4v) is 1890. The van der Waals surface area contributed by atoms with E-state index in [0.717, 1.165) is 7.96 Å². The molecular formula is H127P125. The Hall–Kier alpha value is 53.7. The molecule has 0 fully saturated rings. The number of rotatable bonds is 61. The van der Waals surface area contributed by atoms with Gasteiger partial charge in [0.05, 0.1) is 0 Å². The Balaban J connectivity index is 17.1. The van der Waals surface area contributed by atoms with Crippen LogP contribution >= 0.6 is 997 Å². The van der Waals surface area contributed by atoms with Crippen molar-refractivity contribution in [3.8, 4) is 0 Å². The van der Waals surface area contributed by atoms with Gasteiger partial charge in [0.1, 0.15) is 0 Å². The van der Waals surface area contributed by atoms with E-state index in [9.17, 15) is 0 Å². The maximum absolute atomic E-state index is 3.94. The molecule has 68 unspecified atom stereocenters. The van der Waals surface area contributed by atoms with Gasteiger partial charge in [0, 0.05) is 0 Å². The summed E-state index contributed by atoms with van der Waals surface area (Å²) in [5.74, 6) is 0. The highest BCUT2D eigenvalue weighted by molar-refractivity contribution is 9.63. The summed E-state index contributed by atoms with van der Waals surface area (Å²) in [6.07, 6.45) is 0. The topological polar surface area (TPSA) is 0 Å². The predicted octanol–water partition coefficient (Wildman–Crippen LogP) is 73.7. The summed E-state index contributed by atoms with van der Waals surface area (Å²) in [6.45, 7) is -34.8. The van der Waals surface area contributed by atoms with Gasteiger partial charge < -0.3 is 0 Å². The summed E-state index contributed by atoms with van der Waals surface area (Å²) in [5, 5.41) is 0. The minimum Gasteiger partial charge on any atom is -0.109 e. The monoisotopic (exact) mass is 4000 g/mol. The molecule has 0 nitrogen and oxygen atoms in total. The van der Waals surface area contributed by atoms with Crippen LogP contribution < -0.4 is 0 Å². The standard InChI is InChI=1S/H127P125/c1-64-96(65(2)3)112(97(66(4)5)67(6)7)120(113(98(68(8)9)69(10)11)99(70(12)13)71(14)15)124(121(114(100(72(16)17)73(18)19)101(74(20)21)75(22)23)115(102(76(24)25)77(26)27)103(78(28)29)79(30)31)125(122(116(104(80(32)33)81(34)35)105(82(36)37)83(38)39)117(106(84(40)41)85(42)43)107(86(44)45)87(46)47)123(118(108(88(48)49)89(50)51)109(90(52)53)91(54)55)119(110(92(56)57)93(58)59)111(94(60)61)95(62)63/h64H,1-63H2. The number of hydrogen-bond donors (Lipinski definition) is 0. The molecule has 0 amide bonds. The fraction of sp³-hybridized carbons (Fsp3) is 0. The van der Waals surface area contributed by atoms with Crippen LogP contribution in [-0.2, 0) is 0 Å². The molecule has 0 aliphatic heterocycles. The molecule has 68 atom stereocenters. The third kappa shape index (κ3) is 62.8. The van der Waals surface area contributed by atoms with Gasteiger partial charge in [-0.05, 0) is 426 Å². The van der Waals surface area contributed by atoms with E-state index in [4.69, 9.17) is 0 Å². The molecule has 752 valence electrons. The van der Waals surface area contributed by atoms with Crippen LogP contribution in [0, 0.1) is 0 Å². The van der Waals surface area contributed by atoms with Crippen LogP contribution in [0.4, 0.5) is 0 Å². The second-order valence-corrected chi connectivity index (χ2v) is 539. The lowest BCUT2D eigenvalue weighted by Gasteiger charge is -2.65. The summed E-state index contributed by atoms with van der Waals surface area (Å²) < 4.78 is 0. The van der Waals surface area contributed by atoms with Crippen molar-refractivity contribution in [1.82, 2.24) is 0 Å². The zero-order chi connectivity index (χ0) is 98.9. The maximum atomic E-state index is 3.94. The highest BCUT2D eigenvalue weighted by atomic mass is 33.7. The summed E-state index contributed by atoms with van der Waals surface area (Å²) in [4.78, 5) is 0. The van der Waals surface area contributed by atoms with Gasteiger partial charge in [0.25, 0.3) is 0 Å². The predicted molar refractivity (Wildman–Crippen MR) is 1040 cm³/mol. The molecular weight excluding hydrogens is 3870 g/mol. The van der Waals surface area contributed by atoms with Gasteiger partial charge in [-0.25, -0.2) is 0 Å². The lowest BCUT2D eigenvalue weighted by Crippen LogP contribution is -1.78. The molecule has 0 radical (unpaired) electrons. The summed E-state index contributed by atoms with van der Waals surface area (Å²) in [6, 6.07) is 0. The molecule has 0 saturated carbocycles. The highest BCUT2D eigenvalue weighted by Gasteiger charge is 2.70. The Morgan fingerprint density at radius 3 is 0.184 bits per heavy atom. The molecule has 0 aromatic carbocycles. The first-order valence-corrected chi connectivity index (χ1v) is 257. The normalized spacial score (nSPS) is 15.7. The van der Waals surface area contributed by atoms with Gasteiger partial charge in [-0.3, -0.25) is 0 Å². The average Bonchev–Trinajstić information content (AvgIpc) is 0.699. The van der Waals surface area contributed by atoms with E-state index >= 15 is 0 Å². The molecule has 0 N–H and O–H groups in total. The van der Waals surface area contributed by atoms with Crippen molar-refractivity contribution in [2.75, 3.05) is 0 Å². The second kappa shape index (κ2) is 98.2. The van der Waals surface area contributed by atoms with Gasteiger partial charge in [-0.15, -0.1) is 562 Å². The summed E-state index contributed by atoms with van der Waals surface area (Å²) in [5.41, 5.74) is 0. The largest absolute Gasteiger partial charge is 0.109 e. The molecule has 0 rings (SSSR count). The Morgan fingerprint density at radius 2 is 0.128 bits per heavy atom. The van der Waals surface area contributed by atoms with E-state index in [1.165, 1.54) is 0 Å². The van der Waals surface area contributed by atoms with Gasteiger partial charge in [-0.2, -0.15) is 0 Å². The highest BCUT2D eigenvalue weighted by Crippen LogP contribution is 3.57. The minimum atomic E-state index is -0.851. The molecule has 125 heavy (non-hydrogen) atoms. The van der Waals surface area contributed by atoms with E-state index in [1.54, 1.807) is 0 Å². The molecule has 0 aliphatic carbocycles. The smallest absolute Gasteiger partial charge is 0.000000163 e. The zero-order valence-corrected chi connectivity index (χ0v) is 192. The van der Waals surface area contributed by atoms with Gasteiger partial charge in [0.2, 0.25) is 0 Å². The van der Waals surface area contributed by atoms with Crippen molar-refractivity contribution >= 4 is 997 Å². The van der Waals surface area contributed by atoms with E-state index in [-0.39, 0.29) is 0 Å². The van der Waals surface area contributed by atoms with Gasteiger partial charge >= 0.3 is 0 Å². The second-order valence-electron chi connectivity index (χ2n) is 20.0. The minimum absolute atomic E-state index is 0.483. The van der Waals surface area contributed by atoms with Crippen LogP contribution in [0.15, 0.2) is 0 Å². The van der Waals surface area contributed by atoms with Crippen LogP contribution in [-0.4, -0.2) is 0 Å². The van der Waals surface area contributed by atoms with Crippen LogP contribution in [0.3, 0.4) is 0 Å². The van der Waals surface area contributed by atoms with E-state index in [2.05, 4.69) is 562 Å². The van der Waals surface area contributed by atoms with Crippen molar-refractivity contribution in [2.24, 2.45) is 0 Å². The van der Waals surface area contributed by atoms with Crippen LogP contribution in [0.2, 0.25) is 0 Å². The van der Waals surface area contributed by atoms with Crippen molar-refractivity contribution < 1.29 is 0 Å². The summed E-state index contributed by atoms with van der Waals surface area (Å²) >= 11 is 0. The first-order chi connectivity index (χ1) is 56.9. The Kier molecular flexibility index (Phi) is 140. The Bertz CT molecular complexity index is 2220. The molecule has 0 aliphatic rings. The Morgan fingerprint density at radius 1 is 0.0720 bits per heavy atom. The molecule has 0 saturated heterocycles. The summed E-state index contributed by atoms with van der Waals surface area (Å²) in [7, 11) is 249. The maximum Gasteiger partial charge on any atom is -0.000000163 e. The third-order valence-electron chi connectivity index (χ3n) is 11.2. The van der Waals surface area contributed by atoms with Gasteiger partial charge in [0.15, 0.2) is 0 Å². The lowest BCUT2D eigenvalue weighted by atomic mass is 28.3. The molecule has 0 bridgehead atoms. The average molecular weight is 4000 g/mol. The van der Waals surface area contributed by atoms with Crippen molar-refractivity contribution in [2.45, 2.75) is 0 Å². The quantitative estimate of drug-likeness (QED) is 0.0533. The van der Waals surface area contributed by atoms with Crippen molar-refractivity contribution in [3.05, 3.63) is 0 Å². The van der Waals surface area contributed by atoms with Gasteiger partial charge in [-0.1, -0.05) is 7.96 Å². The zero-order valence-electron chi connectivity index (χ0n) is 64.2. The van der Waals surface area contributed by atoms with Crippen LogP contribution in [0.5, 0.6) is 0 Å². The molecule has 0 spiro atoms. The molecule has 0 aromatic heterocycles. The fourth-order valence-electron chi connectivity index (χ4n) is 7.78. The first-order valence-electron chi connectivity index (χ1n) is 28.5. The Labute approximate surface area is 980 Å². The third-order valence-corrected chi connectivity index (χ3v) is 906. The lowest BCUT2D eigenvalue weighted by molar-refractivity contribution is 4.27. The van der Waals surface area contributed by atoms with Crippen LogP contribution in [0.1, 0.15) is 0 Å². The van der Waals surface area contributed by atoms with Crippen molar-refractivity contribution in [3.63, 3.8) is 0 Å².